The predicted molar refractivity (Wildman–Crippen MR) is 187 cm³/mol. The van der Waals surface area contributed by atoms with Crippen molar-refractivity contribution in [3.05, 3.63) is 157 Å². The van der Waals surface area contributed by atoms with Crippen molar-refractivity contribution in [2.24, 2.45) is 4.99 Å². The molecule has 1 atom stereocenters. The molecule has 0 saturated carbocycles. The van der Waals surface area contributed by atoms with Crippen LogP contribution in [0, 0.1) is 0 Å². The van der Waals surface area contributed by atoms with E-state index in [1.165, 1.54) is 58.8 Å². The molecule has 0 saturated heterocycles. The monoisotopic (exact) mass is 581 g/mol. The Morgan fingerprint density at radius 3 is 2.07 bits per heavy atom. The second-order valence-electron chi connectivity index (χ2n) is 11.3. The van der Waals surface area contributed by atoms with E-state index in [4.69, 9.17) is 4.99 Å². The van der Waals surface area contributed by atoms with Gasteiger partial charge in [0.15, 0.2) is 0 Å². The fourth-order valence-corrected chi connectivity index (χ4v) is 7.84. The largest absolute Gasteiger partial charge is 0.345 e. The van der Waals surface area contributed by atoms with Gasteiger partial charge in [-0.2, -0.15) is 0 Å². The molecule has 1 aliphatic heterocycles. The van der Waals surface area contributed by atoms with Crippen LogP contribution in [-0.4, -0.2) is 10.5 Å². The molecule has 6 aromatic carbocycles. The number of rotatable bonds is 3. The molecule has 1 N–H and O–H groups in total. The van der Waals surface area contributed by atoms with Gasteiger partial charge in [-0.15, -0.1) is 11.3 Å². The minimum absolute atomic E-state index is 0.0460. The summed E-state index contributed by atoms with van der Waals surface area (Å²) in [6, 6.07) is 50.3. The highest BCUT2D eigenvalue weighted by Gasteiger charge is 2.21. The summed E-state index contributed by atoms with van der Waals surface area (Å²) >= 11 is 1.88. The average Bonchev–Trinajstić information content (AvgIpc) is 3.64. The molecule has 1 aliphatic rings. The molecule has 0 fully saturated rings. The number of benzene rings is 6. The van der Waals surface area contributed by atoms with Gasteiger partial charge in [0.2, 0.25) is 5.96 Å². The highest BCUT2D eigenvalue weighted by molar-refractivity contribution is 7.26. The molecular weight excluding hydrogens is 555 g/mol. The summed E-state index contributed by atoms with van der Waals surface area (Å²) in [6.45, 7) is 0. The van der Waals surface area contributed by atoms with E-state index in [0.29, 0.717) is 0 Å². The molecule has 9 rings (SSSR count). The van der Waals surface area contributed by atoms with Crippen molar-refractivity contribution >= 4 is 59.3 Å². The minimum Gasteiger partial charge on any atom is -0.345 e. The maximum atomic E-state index is 4.86. The SMILES string of the molecule is C1=CC(c2ccccc2)NC(n2c3ccc(-c4ccccc4)cc3c3cc(-c4cccc5c4sc4ccccc45)ccc32)=N1. The molecule has 0 bridgehead atoms. The third kappa shape index (κ3) is 3.99. The first-order chi connectivity index (χ1) is 21.8. The van der Waals surface area contributed by atoms with Crippen LogP contribution >= 0.6 is 11.3 Å². The van der Waals surface area contributed by atoms with Crippen molar-refractivity contribution in [3.63, 3.8) is 0 Å². The number of aromatic nitrogens is 1. The Morgan fingerprint density at radius 1 is 0.568 bits per heavy atom. The van der Waals surface area contributed by atoms with Gasteiger partial charge in [-0.05, 0) is 64.2 Å². The lowest BCUT2D eigenvalue weighted by atomic mass is 9.99. The van der Waals surface area contributed by atoms with Gasteiger partial charge in [-0.3, -0.25) is 4.57 Å². The zero-order chi connectivity index (χ0) is 29.0. The van der Waals surface area contributed by atoms with Crippen molar-refractivity contribution in [1.29, 1.82) is 0 Å². The lowest BCUT2D eigenvalue weighted by Gasteiger charge is -2.22. The normalized spacial score (nSPS) is 14.8. The summed E-state index contributed by atoms with van der Waals surface area (Å²) in [7, 11) is 0. The van der Waals surface area contributed by atoms with Crippen LogP contribution < -0.4 is 5.32 Å². The Kier molecular flexibility index (Phi) is 5.75. The lowest BCUT2D eigenvalue weighted by molar-refractivity contribution is 0.756. The molecule has 0 radical (unpaired) electrons. The van der Waals surface area contributed by atoms with Gasteiger partial charge in [-0.25, -0.2) is 4.99 Å². The number of nitrogens with one attached hydrogen (secondary N) is 1. The van der Waals surface area contributed by atoms with Gasteiger partial charge >= 0.3 is 0 Å². The number of hydrogen-bond acceptors (Lipinski definition) is 3. The summed E-state index contributed by atoms with van der Waals surface area (Å²) in [6.07, 6.45) is 4.04. The Labute approximate surface area is 259 Å². The van der Waals surface area contributed by atoms with E-state index in [-0.39, 0.29) is 6.04 Å². The highest BCUT2D eigenvalue weighted by atomic mass is 32.1. The summed E-state index contributed by atoms with van der Waals surface area (Å²) in [5.41, 5.74) is 8.37. The molecule has 0 spiro atoms. The lowest BCUT2D eigenvalue weighted by Crippen LogP contribution is -2.34. The number of hydrogen-bond donors (Lipinski definition) is 1. The number of fused-ring (bicyclic) bond motifs is 6. The second-order valence-corrected chi connectivity index (χ2v) is 12.3. The maximum Gasteiger partial charge on any atom is 0.208 e. The molecule has 44 heavy (non-hydrogen) atoms. The van der Waals surface area contributed by atoms with Crippen molar-refractivity contribution in [2.75, 3.05) is 0 Å². The van der Waals surface area contributed by atoms with Crippen molar-refractivity contribution < 1.29 is 0 Å². The van der Waals surface area contributed by atoms with Gasteiger partial charge in [-0.1, -0.05) is 109 Å². The fraction of sp³-hybridized carbons (Fsp3) is 0.0250. The number of aliphatic imine (C=N–C) groups is 1. The van der Waals surface area contributed by atoms with Crippen LogP contribution in [0.3, 0.4) is 0 Å². The van der Waals surface area contributed by atoms with Crippen LogP contribution in [0.15, 0.2) is 157 Å². The average molecular weight is 582 g/mol. The number of nitrogens with zero attached hydrogens (tertiary/aromatic N) is 2. The molecule has 0 amide bonds. The van der Waals surface area contributed by atoms with E-state index in [2.05, 4.69) is 155 Å². The molecule has 1 unspecified atom stereocenters. The quantitative estimate of drug-likeness (QED) is 0.221. The van der Waals surface area contributed by atoms with Crippen LogP contribution in [0.1, 0.15) is 11.6 Å². The van der Waals surface area contributed by atoms with Gasteiger partial charge in [0, 0.05) is 37.1 Å². The Hall–Kier alpha value is -5.45. The zero-order valence-electron chi connectivity index (χ0n) is 23.8. The first-order valence-corrected chi connectivity index (χ1v) is 15.7. The van der Waals surface area contributed by atoms with Crippen molar-refractivity contribution in [1.82, 2.24) is 9.88 Å². The summed E-state index contributed by atoms with van der Waals surface area (Å²) in [5.74, 6) is 0.827. The van der Waals surface area contributed by atoms with E-state index in [1.54, 1.807) is 0 Å². The molecular formula is C40H27N3S. The van der Waals surface area contributed by atoms with Crippen LogP contribution in [0.25, 0.3) is 64.2 Å². The van der Waals surface area contributed by atoms with E-state index in [0.717, 1.165) is 17.0 Å². The van der Waals surface area contributed by atoms with E-state index in [1.807, 2.05) is 17.5 Å². The standard InChI is InChI=1S/C40H27N3S/c1-3-10-26(11-4-1)28-18-20-36-33(24-28)34-25-29(30-15-9-16-32-31-14-7-8-17-38(31)44-39(30)32)19-21-37(34)43(36)40-41-23-22-35(42-40)27-12-5-2-6-13-27/h1-25,35H,(H,41,42). The predicted octanol–water partition coefficient (Wildman–Crippen LogP) is 10.6. The van der Waals surface area contributed by atoms with Crippen LogP contribution in [0.4, 0.5) is 0 Å². The van der Waals surface area contributed by atoms with Crippen LogP contribution in [0.5, 0.6) is 0 Å². The first-order valence-electron chi connectivity index (χ1n) is 14.9. The molecule has 4 heteroatoms. The second kappa shape index (κ2) is 10.1. The Morgan fingerprint density at radius 2 is 1.25 bits per heavy atom. The maximum absolute atomic E-state index is 4.86. The minimum atomic E-state index is 0.0460. The third-order valence-corrected chi connectivity index (χ3v) is 9.94. The van der Waals surface area contributed by atoms with Crippen molar-refractivity contribution in [2.45, 2.75) is 6.04 Å². The molecule has 0 aliphatic carbocycles. The molecule has 208 valence electrons. The van der Waals surface area contributed by atoms with Gasteiger partial charge in [0.1, 0.15) is 0 Å². The highest BCUT2D eigenvalue weighted by Crippen LogP contribution is 2.42. The van der Waals surface area contributed by atoms with Crippen LogP contribution in [-0.2, 0) is 0 Å². The molecule has 2 aromatic heterocycles. The van der Waals surface area contributed by atoms with Gasteiger partial charge in [0.05, 0.1) is 17.1 Å². The van der Waals surface area contributed by atoms with Gasteiger partial charge in [0.25, 0.3) is 0 Å². The first kappa shape index (κ1) is 25.1. The van der Waals surface area contributed by atoms with E-state index in [9.17, 15) is 0 Å². The van der Waals surface area contributed by atoms with Crippen molar-refractivity contribution in [3.8, 4) is 22.3 Å². The topological polar surface area (TPSA) is 29.3 Å². The summed E-state index contributed by atoms with van der Waals surface area (Å²) in [5, 5.41) is 8.78. The molecule has 3 heterocycles. The Bertz CT molecular complexity index is 2410. The smallest absolute Gasteiger partial charge is 0.208 e. The van der Waals surface area contributed by atoms with Crippen LogP contribution in [0.2, 0.25) is 0 Å². The molecule has 3 nitrogen and oxygen atoms in total. The summed E-state index contributed by atoms with van der Waals surface area (Å²) < 4.78 is 4.93. The number of thiophene rings is 1. The van der Waals surface area contributed by atoms with Gasteiger partial charge < -0.3 is 5.32 Å². The molecule has 8 aromatic rings. The summed E-state index contributed by atoms with van der Waals surface area (Å²) in [4.78, 5) is 4.86. The van der Waals surface area contributed by atoms with E-state index >= 15 is 0 Å². The van der Waals surface area contributed by atoms with E-state index < -0.39 is 0 Å². The Balaban J connectivity index is 1.26. The zero-order valence-corrected chi connectivity index (χ0v) is 24.6. The third-order valence-electron chi connectivity index (χ3n) is 8.72. The fourth-order valence-electron chi connectivity index (χ4n) is 6.60.